The molecule has 0 radical (unpaired) electrons. The third kappa shape index (κ3) is 6.14. The summed E-state index contributed by atoms with van der Waals surface area (Å²) in [5.41, 5.74) is 2.12. The number of anilines is 2. The number of rotatable bonds is 6. The molecule has 0 spiro atoms. The predicted molar refractivity (Wildman–Crippen MR) is 111 cm³/mol. The lowest BCUT2D eigenvalue weighted by Crippen LogP contribution is -2.35. The number of nitrogens with zero attached hydrogens (tertiary/aromatic N) is 1. The molecule has 7 nitrogen and oxygen atoms in total. The summed E-state index contributed by atoms with van der Waals surface area (Å²) < 4.78 is 0. The number of carbonyl (C=O) groups is 3. The van der Waals surface area contributed by atoms with Crippen LogP contribution in [-0.2, 0) is 20.9 Å². The third-order valence-corrected chi connectivity index (χ3v) is 5.09. The second kappa shape index (κ2) is 9.82. The SMILES string of the molecule is CC(=O)Nc1cccc(NC(=O)C2CCC(C(=O)NCc3ccccn3)CC2)c1. The highest BCUT2D eigenvalue weighted by molar-refractivity contribution is 5.94. The Morgan fingerprint density at radius 1 is 0.897 bits per heavy atom. The molecule has 0 aliphatic heterocycles. The van der Waals surface area contributed by atoms with Crippen molar-refractivity contribution in [3.63, 3.8) is 0 Å². The molecule has 1 aliphatic carbocycles. The molecule has 1 heterocycles. The summed E-state index contributed by atoms with van der Waals surface area (Å²) in [7, 11) is 0. The van der Waals surface area contributed by atoms with Crippen molar-refractivity contribution in [3.05, 3.63) is 54.4 Å². The van der Waals surface area contributed by atoms with Gasteiger partial charge in [0.25, 0.3) is 0 Å². The predicted octanol–water partition coefficient (Wildman–Crippen LogP) is 3.10. The Morgan fingerprint density at radius 2 is 1.55 bits per heavy atom. The highest BCUT2D eigenvalue weighted by Crippen LogP contribution is 2.30. The van der Waals surface area contributed by atoms with Crippen molar-refractivity contribution < 1.29 is 14.4 Å². The van der Waals surface area contributed by atoms with Crippen molar-refractivity contribution >= 4 is 29.1 Å². The van der Waals surface area contributed by atoms with E-state index < -0.39 is 0 Å². The average molecular weight is 394 g/mol. The molecule has 0 unspecified atom stereocenters. The van der Waals surface area contributed by atoms with E-state index in [0.717, 1.165) is 5.69 Å². The molecule has 1 fully saturated rings. The number of carbonyl (C=O) groups excluding carboxylic acids is 3. The van der Waals surface area contributed by atoms with Gasteiger partial charge in [0.2, 0.25) is 17.7 Å². The number of pyridine rings is 1. The Kier molecular flexibility index (Phi) is 6.94. The Bertz CT molecular complexity index is 861. The largest absolute Gasteiger partial charge is 0.350 e. The van der Waals surface area contributed by atoms with Crippen molar-refractivity contribution in [3.8, 4) is 0 Å². The summed E-state index contributed by atoms with van der Waals surface area (Å²) in [6, 6.07) is 12.7. The molecule has 3 rings (SSSR count). The van der Waals surface area contributed by atoms with Crippen LogP contribution in [0.15, 0.2) is 48.7 Å². The molecule has 1 aromatic heterocycles. The molecule has 7 heteroatoms. The van der Waals surface area contributed by atoms with Crippen molar-refractivity contribution in [1.29, 1.82) is 0 Å². The molecule has 1 aromatic carbocycles. The molecule has 0 atom stereocenters. The first-order valence-corrected chi connectivity index (χ1v) is 9.87. The molecule has 0 bridgehead atoms. The van der Waals surface area contributed by atoms with Crippen LogP contribution in [0.4, 0.5) is 11.4 Å². The highest BCUT2D eigenvalue weighted by Gasteiger charge is 2.29. The van der Waals surface area contributed by atoms with Gasteiger partial charge in [0.05, 0.1) is 12.2 Å². The third-order valence-electron chi connectivity index (χ3n) is 5.09. The van der Waals surface area contributed by atoms with E-state index in [9.17, 15) is 14.4 Å². The number of aromatic nitrogens is 1. The summed E-state index contributed by atoms with van der Waals surface area (Å²) >= 11 is 0. The topological polar surface area (TPSA) is 100 Å². The standard InChI is InChI=1S/C22H26N4O3/c1-15(27)25-18-6-4-7-19(13-18)26-22(29)17-10-8-16(9-11-17)21(28)24-14-20-5-2-3-12-23-20/h2-7,12-13,16-17H,8-11,14H2,1H3,(H,24,28)(H,25,27)(H,26,29). The highest BCUT2D eigenvalue weighted by atomic mass is 16.2. The monoisotopic (exact) mass is 394 g/mol. The minimum Gasteiger partial charge on any atom is -0.350 e. The van der Waals surface area contributed by atoms with Gasteiger partial charge in [-0.3, -0.25) is 19.4 Å². The van der Waals surface area contributed by atoms with Crippen molar-refractivity contribution in [2.24, 2.45) is 11.8 Å². The van der Waals surface area contributed by atoms with Crippen LogP contribution in [0.5, 0.6) is 0 Å². The molecule has 29 heavy (non-hydrogen) atoms. The van der Waals surface area contributed by atoms with Crippen molar-refractivity contribution in [2.75, 3.05) is 10.6 Å². The van der Waals surface area contributed by atoms with Crippen LogP contribution in [0.1, 0.15) is 38.3 Å². The lowest BCUT2D eigenvalue weighted by Gasteiger charge is -2.27. The van der Waals surface area contributed by atoms with E-state index in [1.54, 1.807) is 30.5 Å². The van der Waals surface area contributed by atoms with Gasteiger partial charge < -0.3 is 16.0 Å². The zero-order valence-corrected chi connectivity index (χ0v) is 16.5. The van der Waals surface area contributed by atoms with Crippen LogP contribution >= 0.6 is 0 Å². The summed E-state index contributed by atoms with van der Waals surface area (Å²) in [5, 5.41) is 8.56. The summed E-state index contributed by atoms with van der Waals surface area (Å²) in [4.78, 5) is 40.3. The minimum atomic E-state index is -0.159. The van der Waals surface area contributed by atoms with Crippen molar-refractivity contribution in [2.45, 2.75) is 39.2 Å². The van der Waals surface area contributed by atoms with E-state index in [2.05, 4.69) is 20.9 Å². The maximum absolute atomic E-state index is 12.6. The smallest absolute Gasteiger partial charge is 0.227 e. The Balaban J connectivity index is 1.45. The lowest BCUT2D eigenvalue weighted by atomic mass is 9.81. The summed E-state index contributed by atoms with van der Waals surface area (Å²) in [6.07, 6.45) is 4.45. The first-order valence-electron chi connectivity index (χ1n) is 9.87. The summed E-state index contributed by atoms with van der Waals surface area (Å²) in [6.45, 7) is 1.86. The zero-order chi connectivity index (χ0) is 20.6. The number of nitrogens with one attached hydrogen (secondary N) is 3. The maximum Gasteiger partial charge on any atom is 0.227 e. The van der Waals surface area contributed by atoms with Gasteiger partial charge in [-0.05, 0) is 56.0 Å². The molecular formula is C22H26N4O3. The molecule has 1 aliphatic rings. The van der Waals surface area contributed by atoms with Crippen LogP contribution in [-0.4, -0.2) is 22.7 Å². The fourth-order valence-corrected chi connectivity index (χ4v) is 3.56. The second-order valence-electron chi connectivity index (χ2n) is 7.34. The van der Waals surface area contributed by atoms with Gasteiger partial charge >= 0.3 is 0 Å². The van der Waals surface area contributed by atoms with Crippen LogP contribution < -0.4 is 16.0 Å². The van der Waals surface area contributed by atoms with E-state index in [1.165, 1.54) is 6.92 Å². The second-order valence-corrected chi connectivity index (χ2v) is 7.34. The Morgan fingerprint density at radius 3 is 2.17 bits per heavy atom. The first kappa shape index (κ1) is 20.5. The number of hydrogen-bond donors (Lipinski definition) is 3. The maximum atomic E-state index is 12.6. The minimum absolute atomic E-state index is 0.0255. The van der Waals surface area contributed by atoms with Gasteiger partial charge in [-0.1, -0.05) is 12.1 Å². The molecule has 3 amide bonds. The fraction of sp³-hybridized carbons (Fsp3) is 0.364. The van der Waals surface area contributed by atoms with Crippen LogP contribution in [0.2, 0.25) is 0 Å². The number of benzene rings is 1. The van der Waals surface area contributed by atoms with Gasteiger partial charge in [0, 0.05) is 36.3 Å². The van der Waals surface area contributed by atoms with E-state index >= 15 is 0 Å². The molecular weight excluding hydrogens is 368 g/mol. The van der Waals surface area contributed by atoms with Gasteiger partial charge in [0.15, 0.2) is 0 Å². The van der Waals surface area contributed by atoms with E-state index in [-0.39, 0.29) is 29.6 Å². The Hall–Kier alpha value is -3.22. The lowest BCUT2D eigenvalue weighted by molar-refractivity contribution is -0.128. The van der Waals surface area contributed by atoms with Crippen molar-refractivity contribution in [1.82, 2.24) is 10.3 Å². The number of hydrogen-bond acceptors (Lipinski definition) is 4. The van der Waals surface area contributed by atoms with E-state index in [1.807, 2.05) is 18.2 Å². The van der Waals surface area contributed by atoms with Crippen LogP contribution in [0, 0.1) is 11.8 Å². The van der Waals surface area contributed by atoms with Gasteiger partial charge in [-0.2, -0.15) is 0 Å². The normalized spacial score (nSPS) is 18.5. The van der Waals surface area contributed by atoms with Crippen LogP contribution in [0.3, 0.4) is 0 Å². The summed E-state index contributed by atoms with van der Waals surface area (Å²) in [5.74, 6) is -0.354. The zero-order valence-electron chi connectivity index (χ0n) is 16.5. The first-order chi connectivity index (χ1) is 14.0. The van der Waals surface area contributed by atoms with Gasteiger partial charge in [-0.25, -0.2) is 0 Å². The molecule has 3 N–H and O–H groups in total. The van der Waals surface area contributed by atoms with Crippen LogP contribution in [0.25, 0.3) is 0 Å². The number of amides is 3. The van der Waals surface area contributed by atoms with Gasteiger partial charge in [0.1, 0.15) is 0 Å². The molecule has 2 aromatic rings. The molecule has 1 saturated carbocycles. The van der Waals surface area contributed by atoms with E-state index in [4.69, 9.17) is 0 Å². The fourth-order valence-electron chi connectivity index (χ4n) is 3.56. The van der Waals surface area contributed by atoms with E-state index in [0.29, 0.717) is 43.6 Å². The average Bonchev–Trinajstić information content (AvgIpc) is 2.72. The Labute approximate surface area is 170 Å². The molecule has 0 saturated heterocycles. The van der Waals surface area contributed by atoms with Gasteiger partial charge in [-0.15, -0.1) is 0 Å². The quantitative estimate of drug-likeness (QED) is 0.701. The molecule has 152 valence electrons.